The van der Waals surface area contributed by atoms with Crippen LogP contribution in [0, 0.1) is 11.7 Å². The van der Waals surface area contributed by atoms with Crippen molar-refractivity contribution in [2.45, 2.75) is 52.0 Å². The lowest BCUT2D eigenvalue weighted by atomic mass is 9.88. The maximum atomic E-state index is 13.1. The van der Waals surface area contributed by atoms with Crippen LogP contribution in [0.15, 0.2) is 18.2 Å². The van der Waals surface area contributed by atoms with Crippen molar-refractivity contribution in [3.8, 4) is 0 Å². The van der Waals surface area contributed by atoms with Crippen molar-refractivity contribution in [1.82, 2.24) is 0 Å². The number of benzene rings is 1. The summed E-state index contributed by atoms with van der Waals surface area (Å²) in [5.74, 6) is 0.167. The highest BCUT2D eigenvalue weighted by atomic mass is 35.5. The van der Waals surface area contributed by atoms with Crippen molar-refractivity contribution in [3.63, 3.8) is 0 Å². The molecule has 0 saturated heterocycles. The Morgan fingerprint density at radius 1 is 1.33 bits per heavy atom. The molecule has 1 aromatic carbocycles. The van der Waals surface area contributed by atoms with E-state index in [1.54, 1.807) is 12.1 Å². The SMILES string of the molecule is CCCCC(CC)C(N)Cc1ccc(F)c(Cl)c1. The van der Waals surface area contributed by atoms with E-state index in [2.05, 4.69) is 13.8 Å². The number of hydrogen-bond donors (Lipinski definition) is 1. The Hall–Kier alpha value is -0.600. The van der Waals surface area contributed by atoms with Crippen LogP contribution < -0.4 is 5.73 Å². The highest BCUT2D eigenvalue weighted by Gasteiger charge is 2.16. The molecule has 1 nitrogen and oxygen atoms in total. The van der Waals surface area contributed by atoms with Gasteiger partial charge in [0.15, 0.2) is 0 Å². The van der Waals surface area contributed by atoms with Gasteiger partial charge in [0.25, 0.3) is 0 Å². The zero-order chi connectivity index (χ0) is 13.5. The average molecular weight is 272 g/mol. The van der Waals surface area contributed by atoms with E-state index in [0.29, 0.717) is 5.92 Å². The Kier molecular flexibility index (Phi) is 6.66. The lowest BCUT2D eigenvalue weighted by molar-refractivity contribution is 0.368. The molecule has 0 aromatic heterocycles. The smallest absolute Gasteiger partial charge is 0.141 e. The quantitative estimate of drug-likeness (QED) is 0.773. The summed E-state index contributed by atoms with van der Waals surface area (Å²) < 4.78 is 13.1. The van der Waals surface area contributed by atoms with Gasteiger partial charge in [0, 0.05) is 6.04 Å². The van der Waals surface area contributed by atoms with E-state index in [1.807, 2.05) is 0 Å². The molecule has 0 spiro atoms. The Bertz CT molecular complexity index is 368. The average Bonchev–Trinajstić information content (AvgIpc) is 2.35. The number of unbranched alkanes of at least 4 members (excludes halogenated alkanes) is 1. The lowest BCUT2D eigenvalue weighted by Crippen LogP contribution is -2.32. The molecule has 0 amide bonds. The van der Waals surface area contributed by atoms with Crippen molar-refractivity contribution in [2.24, 2.45) is 11.7 Å². The maximum absolute atomic E-state index is 13.1. The molecule has 0 fully saturated rings. The second-order valence-corrected chi connectivity index (χ2v) is 5.33. The van der Waals surface area contributed by atoms with Gasteiger partial charge in [0.2, 0.25) is 0 Å². The Morgan fingerprint density at radius 2 is 2.06 bits per heavy atom. The maximum Gasteiger partial charge on any atom is 0.141 e. The standard InChI is InChI=1S/C15H23ClFN/c1-3-5-6-12(4-2)15(18)10-11-7-8-14(17)13(16)9-11/h7-9,12,15H,3-6,10,18H2,1-2H3. The number of hydrogen-bond acceptors (Lipinski definition) is 1. The van der Waals surface area contributed by atoms with Gasteiger partial charge in [-0.15, -0.1) is 0 Å². The topological polar surface area (TPSA) is 26.0 Å². The molecule has 0 saturated carbocycles. The van der Waals surface area contributed by atoms with Gasteiger partial charge in [-0.05, 0) is 36.5 Å². The van der Waals surface area contributed by atoms with Gasteiger partial charge in [0.1, 0.15) is 5.82 Å². The fourth-order valence-corrected chi connectivity index (χ4v) is 2.50. The molecule has 0 bridgehead atoms. The normalized spacial score (nSPS) is 14.5. The zero-order valence-corrected chi connectivity index (χ0v) is 12.0. The molecule has 2 atom stereocenters. The fourth-order valence-electron chi connectivity index (χ4n) is 2.29. The minimum absolute atomic E-state index is 0.128. The Balaban J connectivity index is 2.61. The zero-order valence-electron chi connectivity index (χ0n) is 11.3. The summed E-state index contributed by atoms with van der Waals surface area (Å²) in [6.45, 7) is 4.37. The van der Waals surface area contributed by atoms with E-state index in [4.69, 9.17) is 17.3 Å². The molecule has 0 heterocycles. The first-order valence-corrected chi connectivity index (χ1v) is 7.15. The van der Waals surface area contributed by atoms with Crippen LogP contribution in [0.1, 0.15) is 45.1 Å². The van der Waals surface area contributed by atoms with E-state index in [0.717, 1.165) is 18.4 Å². The summed E-state index contributed by atoms with van der Waals surface area (Å²) in [6.07, 6.45) is 5.45. The van der Waals surface area contributed by atoms with Crippen LogP contribution >= 0.6 is 11.6 Å². The van der Waals surface area contributed by atoms with E-state index >= 15 is 0 Å². The Labute approximate surface area is 115 Å². The monoisotopic (exact) mass is 271 g/mol. The first-order valence-electron chi connectivity index (χ1n) is 6.78. The molecular weight excluding hydrogens is 249 g/mol. The van der Waals surface area contributed by atoms with Crippen LogP contribution in [0.5, 0.6) is 0 Å². The van der Waals surface area contributed by atoms with Crippen molar-refractivity contribution in [2.75, 3.05) is 0 Å². The van der Waals surface area contributed by atoms with Gasteiger partial charge in [-0.1, -0.05) is 50.8 Å². The van der Waals surface area contributed by atoms with E-state index in [-0.39, 0.29) is 16.9 Å². The third-order valence-electron chi connectivity index (χ3n) is 3.51. The van der Waals surface area contributed by atoms with Gasteiger partial charge in [-0.3, -0.25) is 0 Å². The summed E-state index contributed by atoms with van der Waals surface area (Å²) in [6, 6.07) is 5.00. The van der Waals surface area contributed by atoms with Crippen molar-refractivity contribution in [1.29, 1.82) is 0 Å². The van der Waals surface area contributed by atoms with Gasteiger partial charge in [-0.25, -0.2) is 4.39 Å². The largest absolute Gasteiger partial charge is 0.327 e. The van der Waals surface area contributed by atoms with Crippen molar-refractivity contribution < 1.29 is 4.39 Å². The first kappa shape index (κ1) is 15.5. The molecule has 1 rings (SSSR count). The summed E-state index contributed by atoms with van der Waals surface area (Å²) >= 11 is 5.78. The first-order chi connectivity index (χ1) is 8.58. The van der Waals surface area contributed by atoms with E-state index < -0.39 is 0 Å². The molecular formula is C15H23ClFN. The van der Waals surface area contributed by atoms with Gasteiger partial charge in [-0.2, -0.15) is 0 Å². The summed E-state index contributed by atoms with van der Waals surface area (Å²) in [5, 5.41) is 0.182. The van der Waals surface area contributed by atoms with Gasteiger partial charge < -0.3 is 5.73 Å². The predicted octanol–water partition coefficient (Wildman–Crippen LogP) is 4.57. The van der Waals surface area contributed by atoms with E-state index in [1.165, 1.54) is 25.3 Å². The van der Waals surface area contributed by atoms with Crippen LogP contribution in [-0.2, 0) is 6.42 Å². The van der Waals surface area contributed by atoms with Gasteiger partial charge >= 0.3 is 0 Å². The van der Waals surface area contributed by atoms with Crippen LogP contribution in [0.4, 0.5) is 4.39 Å². The minimum Gasteiger partial charge on any atom is -0.327 e. The molecule has 1 aromatic rings. The van der Waals surface area contributed by atoms with Crippen molar-refractivity contribution >= 4 is 11.6 Å². The molecule has 0 aliphatic rings. The second kappa shape index (κ2) is 7.75. The number of nitrogens with two attached hydrogens (primary N) is 1. The van der Waals surface area contributed by atoms with Crippen LogP contribution in [0.25, 0.3) is 0 Å². The fraction of sp³-hybridized carbons (Fsp3) is 0.600. The molecule has 18 heavy (non-hydrogen) atoms. The summed E-state index contributed by atoms with van der Waals surface area (Å²) in [5.41, 5.74) is 7.27. The third-order valence-corrected chi connectivity index (χ3v) is 3.80. The van der Waals surface area contributed by atoms with Crippen molar-refractivity contribution in [3.05, 3.63) is 34.6 Å². The predicted molar refractivity (Wildman–Crippen MR) is 76.4 cm³/mol. The van der Waals surface area contributed by atoms with Crippen LogP contribution in [-0.4, -0.2) is 6.04 Å². The molecule has 2 unspecified atom stereocenters. The highest BCUT2D eigenvalue weighted by molar-refractivity contribution is 6.30. The lowest BCUT2D eigenvalue weighted by Gasteiger charge is -2.22. The highest BCUT2D eigenvalue weighted by Crippen LogP contribution is 2.21. The molecule has 2 N–H and O–H groups in total. The molecule has 0 aliphatic carbocycles. The Morgan fingerprint density at radius 3 is 2.61 bits per heavy atom. The van der Waals surface area contributed by atoms with Crippen LogP contribution in [0.3, 0.4) is 0 Å². The van der Waals surface area contributed by atoms with Crippen LogP contribution in [0.2, 0.25) is 5.02 Å². The van der Waals surface area contributed by atoms with E-state index in [9.17, 15) is 4.39 Å². The third kappa shape index (κ3) is 4.58. The number of rotatable bonds is 7. The molecule has 3 heteroatoms. The minimum atomic E-state index is -0.369. The molecule has 102 valence electrons. The second-order valence-electron chi connectivity index (χ2n) is 4.93. The summed E-state index contributed by atoms with van der Waals surface area (Å²) in [7, 11) is 0. The number of halogens is 2. The summed E-state index contributed by atoms with van der Waals surface area (Å²) in [4.78, 5) is 0. The molecule has 0 aliphatic heterocycles. The molecule has 0 radical (unpaired) electrons. The van der Waals surface area contributed by atoms with Gasteiger partial charge in [0.05, 0.1) is 5.02 Å².